The molecule has 4 heteroatoms. The molecule has 0 N–H and O–H groups in total. The second kappa shape index (κ2) is 8.73. The van der Waals surface area contributed by atoms with E-state index in [1.807, 2.05) is 19.1 Å². The zero-order valence-corrected chi connectivity index (χ0v) is 10.3. The van der Waals surface area contributed by atoms with Crippen LogP contribution in [0.25, 0.3) is 0 Å². The number of rotatable bonds is 7. The summed E-state index contributed by atoms with van der Waals surface area (Å²) in [4.78, 5) is 4.58. The van der Waals surface area contributed by atoms with Gasteiger partial charge in [0.05, 0.1) is 19.4 Å². The lowest BCUT2D eigenvalue weighted by atomic mass is 10.2. The van der Waals surface area contributed by atoms with E-state index in [1.165, 1.54) is 7.11 Å². The molecule has 0 amide bonds. The normalized spacial score (nSPS) is 14.4. The summed E-state index contributed by atoms with van der Waals surface area (Å²) in [6.07, 6.45) is 6.98. The summed E-state index contributed by atoms with van der Waals surface area (Å²) in [6, 6.07) is 0. The van der Waals surface area contributed by atoms with Gasteiger partial charge in [0, 0.05) is 7.11 Å². The van der Waals surface area contributed by atoms with Gasteiger partial charge < -0.3 is 14.3 Å². The van der Waals surface area contributed by atoms with Crippen LogP contribution >= 0.6 is 0 Å². The zero-order valence-electron chi connectivity index (χ0n) is 10.3. The summed E-state index contributed by atoms with van der Waals surface area (Å²) >= 11 is 0. The Morgan fingerprint density at radius 1 is 1.31 bits per heavy atom. The summed E-state index contributed by atoms with van der Waals surface area (Å²) in [5.74, 6) is 0.582. The third kappa shape index (κ3) is 6.84. The summed E-state index contributed by atoms with van der Waals surface area (Å²) in [5, 5.41) is 3.66. The van der Waals surface area contributed by atoms with Crippen LogP contribution in [-0.4, -0.2) is 33.6 Å². The van der Waals surface area contributed by atoms with Gasteiger partial charge in [0.25, 0.3) is 0 Å². The van der Waals surface area contributed by atoms with Crippen molar-refractivity contribution in [2.45, 2.75) is 13.0 Å². The van der Waals surface area contributed by atoms with Crippen LogP contribution in [-0.2, 0) is 14.3 Å². The van der Waals surface area contributed by atoms with Gasteiger partial charge >= 0.3 is 0 Å². The Morgan fingerprint density at radius 2 is 2.00 bits per heavy atom. The molecule has 16 heavy (non-hydrogen) atoms. The minimum absolute atomic E-state index is 0.143. The molecule has 0 aliphatic heterocycles. The lowest BCUT2D eigenvalue weighted by Crippen LogP contribution is -2.04. The number of nitrogens with zero attached hydrogens (tertiary/aromatic N) is 1. The van der Waals surface area contributed by atoms with Crippen molar-refractivity contribution < 1.29 is 14.3 Å². The Kier molecular flexibility index (Phi) is 7.89. The lowest BCUT2D eigenvalue weighted by Gasteiger charge is -2.06. The minimum Gasteiger partial charge on any atom is -0.497 e. The van der Waals surface area contributed by atoms with Crippen molar-refractivity contribution >= 4 is 6.21 Å². The smallest absolute Gasteiger partial charge is 0.111 e. The maximum atomic E-state index is 5.23. The molecule has 1 unspecified atom stereocenters. The second-order valence-corrected chi connectivity index (χ2v) is 3.06. The third-order valence-corrected chi connectivity index (χ3v) is 1.80. The molecule has 0 aromatic heterocycles. The third-order valence-electron chi connectivity index (χ3n) is 1.80. The van der Waals surface area contributed by atoms with E-state index in [0.29, 0.717) is 5.76 Å². The van der Waals surface area contributed by atoms with Crippen molar-refractivity contribution in [1.29, 1.82) is 0 Å². The van der Waals surface area contributed by atoms with E-state index in [2.05, 4.69) is 16.6 Å². The summed E-state index contributed by atoms with van der Waals surface area (Å²) in [6.45, 7) is 5.59. The molecule has 90 valence electrons. The molecule has 0 bridgehead atoms. The minimum atomic E-state index is -0.143. The molecule has 4 nitrogen and oxygen atoms in total. The molecule has 0 aliphatic carbocycles. The molecule has 0 radical (unpaired) electrons. The molecular weight excluding hydrogens is 206 g/mol. The Bertz CT molecular complexity index is 293. The fourth-order valence-electron chi connectivity index (χ4n) is 0.910. The molecule has 0 saturated carbocycles. The molecule has 0 fully saturated rings. The number of allylic oxidation sites excluding steroid dienone is 2. The van der Waals surface area contributed by atoms with Crippen molar-refractivity contribution in [3.05, 3.63) is 36.1 Å². The van der Waals surface area contributed by atoms with Crippen molar-refractivity contribution in [1.82, 2.24) is 0 Å². The molecule has 0 aromatic rings. The van der Waals surface area contributed by atoms with Crippen molar-refractivity contribution in [3.8, 4) is 0 Å². The maximum absolute atomic E-state index is 5.23. The fraction of sp³-hybridized carbons (Fsp3) is 0.417. The number of ether oxygens (including phenoxy) is 2. The first-order valence-corrected chi connectivity index (χ1v) is 4.82. The van der Waals surface area contributed by atoms with E-state index >= 15 is 0 Å². The zero-order chi connectivity index (χ0) is 12.4. The van der Waals surface area contributed by atoms with Gasteiger partial charge in [-0.2, -0.15) is 0 Å². The second-order valence-electron chi connectivity index (χ2n) is 3.06. The van der Waals surface area contributed by atoms with Crippen LogP contribution < -0.4 is 0 Å². The predicted molar refractivity (Wildman–Crippen MR) is 65.3 cm³/mol. The van der Waals surface area contributed by atoms with Crippen LogP contribution in [0.2, 0.25) is 0 Å². The molecule has 0 spiro atoms. The summed E-state index contributed by atoms with van der Waals surface area (Å²) < 4.78 is 10.1. The van der Waals surface area contributed by atoms with Gasteiger partial charge in [-0.1, -0.05) is 11.7 Å². The number of hydrogen-bond donors (Lipinski definition) is 0. The quantitative estimate of drug-likeness (QED) is 0.289. The first-order chi connectivity index (χ1) is 7.63. The highest BCUT2D eigenvalue weighted by molar-refractivity contribution is 5.77. The van der Waals surface area contributed by atoms with Crippen LogP contribution in [0, 0.1) is 0 Å². The highest BCUT2D eigenvalue weighted by atomic mass is 16.6. The van der Waals surface area contributed by atoms with E-state index in [4.69, 9.17) is 9.47 Å². The van der Waals surface area contributed by atoms with Crippen LogP contribution in [0.15, 0.2) is 41.3 Å². The van der Waals surface area contributed by atoms with Gasteiger partial charge in [-0.15, -0.1) is 0 Å². The van der Waals surface area contributed by atoms with E-state index in [9.17, 15) is 0 Å². The molecular formula is C12H19NO3. The van der Waals surface area contributed by atoms with E-state index in [1.54, 1.807) is 26.5 Å². The number of methoxy groups -OCH3 is 2. The first-order valence-electron chi connectivity index (χ1n) is 4.82. The topological polar surface area (TPSA) is 40.0 Å². The fourth-order valence-corrected chi connectivity index (χ4v) is 0.910. The van der Waals surface area contributed by atoms with E-state index < -0.39 is 0 Å². The van der Waals surface area contributed by atoms with Gasteiger partial charge in [-0.3, -0.25) is 0 Å². The summed E-state index contributed by atoms with van der Waals surface area (Å²) in [7, 11) is 4.70. The molecule has 0 saturated heterocycles. The average Bonchev–Trinajstić information content (AvgIpc) is 2.31. The summed E-state index contributed by atoms with van der Waals surface area (Å²) in [5.41, 5.74) is 0.946. The van der Waals surface area contributed by atoms with Gasteiger partial charge in [0.2, 0.25) is 0 Å². The van der Waals surface area contributed by atoms with Crippen molar-refractivity contribution in [2.24, 2.45) is 5.16 Å². The lowest BCUT2D eigenvalue weighted by molar-refractivity contribution is 0.176. The number of oxime groups is 1. The molecule has 1 atom stereocenters. The Morgan fingerprint density at radius 3 is 2.50 bits per heavy atom. The molecule has 0 aromatic carbocycles. The van der Waals surface area contributed by atoms with Gasteiger partial charge in [-0.05, 0) is 30.7 Å². The van der Waals surface area contributed by atoms with Crippen LogP contribution in [0.5, 0.6) is 0 Å². The van der Waals surface area contributed by atoms with E-state index in [0.717, 1.165) is 5.57 Å². The highest BCUT2D eigenvalue weighted by Crippen LogP contribution is 2.02. The van der Waals surface area contributed by atoms with Crippen LogP contribution in [0.4, 0.5) is 0 Å². The Balaban J connectivity index is 4.45. The maximum Gasteiger partial charge on any atom is 0.111 e. The largest absolute Gasteiger partial charge is 0.497 e. The van der Waals surface area contributed by atoms with Crippen LogP contribution in [0.1, 0.15) is 6.92 Å². The number of hydrogen-bond acceptors (Lipinski definition) is 4. The highest BCUT2D eigenvalue weighted by Gasteiger charge is 1.98. The first kappa shape index (κ1) is 14.5. The standard InChI is InChI=1S/C12H19NO3/c1-10(9-13-16-5)8-12(15-4)7-6-11(2)14-3/h6-9,12H,2H2,1,3-5H3/b7-6?,10-8+,13-9+. The van der Waals surface area contributed by atoms with Gasteiger partial charge in [0.1, 0.15) is 12.9 Å². The molecule has 0 aliphatic rings. The van der Waals surface area contributed by atoms with E-state index in [-0.39, 0.29) is 6.10 Å². The van der Waals surface area contributed by atoms with Crippen molar-refractivity contribution in [2.75, 3.05) is 21.3 Å². The van der Waals surface area contributed by atoms with Crippen LogP contribution in [0.3, 0.4) is 0 Å². The monoisotopic (exact) mass is 225 g/mol. The Hall–Kier alpha value is -1.55. The van der Waals surface area contributed by atoms with Crippen molar-refractivity contribution in [3.63, 3.8) is 0 Å². The van der Waals surface area contributed by atoms with Gasteiger partial charge in [0.15, 0.2) is 0 Å². The molecule has 0 rings (SSSR count). The Labute approximate surface area is 96.9 Å². The predicted octanol–water partition coefficient (Wildman–Crippen LogP) is 2.30. The SMILES string of the molecule is C=C(C=CC(/C=C(C)/C=N/OC)OC)OC. The average molecular weight is 225 g/mol. The van der Waals surface area contributed by atoms with Gasteiger partial charge in [-0.25, -0.2) is 0 Å². The molecule has 0 heterocycles.